The number of aliphatic hydroxyl groups is 1. The molecule has 0 unspecified atom stereocenters. The molecule has 7 heteroatoms. The van der Waals surface area contributed by atoms with Crippen LogP contribution in [0.5, 0.6) is 5.75 Å². The van der Waals surface area contributed by atoms with Gasteiger partial charge in [-0.25, -0.2) is 4.98 Å². The number of nitrogens with two attached hydrogens (primary N) is 1. The fourth-order valence-electron chi connectivity index (χ4n) is 3.36. The summed E-state index contributed by atoms with van der Waals surface area (Å²) in [5.41, 5.74) is 8.95. The van der Waals surface area contributed by atoms with Crippen LogP contribution in [-0.2, 0) is 17.8 Å². The molecule has 1 aromatic carbocycles. The normalized spacial score (nSPS) is 12.2. The largest absolute Gasteiger partial charge is 0.485 e. The van der Waals surface area contributed by atoms with Crippen LogP contribution in [0.2, 0.25) is 0 Å². The first-order valence-corrected chi connectivity index (χ1v) is 10.1. The number of imidazole rings is 1. The highest BCUT2D eigenvalue weighted by molar-refractivity contribution is 7.15. The minimum atomic E-state index is -0.412. The zero-order valence-corrected chi connectivity index (χ0v) is 16.7. The lowest BCUT2D eigenvalue weighted by Crippen LogP contribution is -2.14. The van der Waals surface area contributed by atoms with Gasteiger partial charge in [-0.05, 0) is 30.2 Å². The van der Waals surface area contributed by atoms with Crippen LogP contribution < -0.4 is 10.5 Å². The first kappa shape index (κ1) is 19.2. The van der Waals surface area contributed by atoms with E-state index in [0.29, 0.717) is 5.75 Å². The van der Waals surface area contributed by atoms with Gasteiger partial charge in [0.15, 0.2) is 0 Å². The maximum Gasteiger partial charge on any atom is 0.222 e. The maximum atomic E-state index is 11.6. The second-order valence-corrected chi connectivity index (χ2v) is 7.87. The fraction of sp³-hybridized carbons (Fsp3) is 0.182. The average molecular weight is 407 g/mol. The third-order valence-corrected chi connectivity index (χ3v) is 5.88. The Hall–Kier alpha value is -3.16. The van der Waals surface area contributed by atoms with Crippen molar-refractivity contribution in [3.05, 3.63) is 76.9 Å². The van der Waals surface area contributed by atoms with E-state index in [4.69, 9.17) is 10.5 Å². The van der Waals surface area contributed by atoms with E-state index < -0.39 is 5.91 Å². The van der Waals surface area contributed by atoms with E-state index in [1.165, 1.54) is 11.3 Å². The zero-order valence-electron chi connectivity index (χ0n) is 15.9. The quantitative estimate of drug-likeness (QED) is 0.489. The number of thiophene rings is 1. The Morgan fingerprint density at radius 2 is 2.07 bits per heavy atom. The molecule has 3 N–H and O–H groups in total. The molecule has 0 aliphatic carbocycles. The second-order valence-electron chi connectivity index (χ2n) is 6.73. The van der Waals surface area contributed by atoms with Crippen LogP contribution in [0.25, 0.3) is 16.2 Å². The molecule has 4 rings (SSSR count). The van der Waals surface area contributed by atoms with Gasteiger partial charge in [0.05, 0.1) is 34.7 Å². The smallest absolute Gasteiger partial charge is 0.222 e. The van der Waals surface area contributed by atoms with Crippen molar-refractivity contribution in [2.75, 3.05) is 0 Å². The number of nitrogens with zero attached hydrogens (tertiary/aromatic N) is 2. The summed E-state index contributed by atoms with van der Waals surface area (Å²) >= 11 is 1.47. The van der Waals surface area contributed by atoms with Crippen LogP contribution in [0.4, 0.5) is 0 Å². The topological polar surface area (TPSA) is 89.9 Å². The van der Waals surface area contributed by atoms with Gasteiger partial charge in [-0.15, -0.1) is 11.3 Å². The van der Waals surface area contributed by atoms with Gasteiger partial charge in [0.1, 0.15) is 17.5 Å². The second kappa shape index (κ2) is 8.06. The molecule has 0 spiro atoms. The minimum Gasteiger partial charge on any atom is -0.485 e. The molecule has 1 amide bonds. The molecular formula is C22H21N3O3S. The van der Waals surface area contributed by atoms with Gasteiger partial charge in [0.2, 0.25) is 5.91 Å². The van der Waals surface area contributed by atoms with Crippen molar-refractivity contribution >= 4 is 22.9 Å². The number of amides is 1. The highest BCUT2D eigenvalue weighted by Crippen LogP contribution is 2.39. The van der Waals surface area contributed by atoms with Crippen molar-refractivity contribution in [3.8, 4) is 16.3 Å². The molecule has 0 radical (unpaired) electrons. The van der Waals surface area contributed by atoms with Gasteiger partial charge < -0.3 is 15.6 Å². The van der Waals surface area contributed by atoms with Crippen molar-refractivity contribution in [2.45, 2.75) is 26.1 Å². The van der Waals surface area contributed by atoms with Crippen LogP contribution in [-0.4, -0.2) is 20.4 Å². The lowest BCUT2D eigenvalue weighted by molar-refractivity contribution is -0.117. The Kier molecular flexibility index (Phi) is 5.33. The first-order valence-electron chi connectivity index (χ1n) is 9.25. The van der Waals surface area contributed by atoms with E-state index in [-0.39, 0.29) is 19.1 Å². The highest BCUT2D eigenvalue weighted by atomic mass is 32.1. The third-order valence-electron chi connectivity index (χ3n) is 4.74. The summed E-state index contributed by atoms with van der Waals surface area (Å²) in [6.07, 6.45) is 3.56. The lowest BCUT2D eigenvalue weighted by atomic mass is 10.0. The van der Waals surface area contributed by atoms with E-state index in [1.807, 2.05) is 72.2 Å². The molecule has 0 fully saturated rings. The molecule has 0 saturated carbocycles. The van der Waals surface area contributed by atoms with Crippen molar-refractivity contribution in [2.24, 2.45) is 5.73 Å². The number of hydrogen-bond donors (Lipinski definition) is 2. The number of ether oxygens (including phenoxy) is 1. The molecule has 1 atom stereocenters. The van der Waals surface area contributed by atoms with E-state index in [9.17, 15) is 9.90 Å². The molecule has 29 heavy (non-hydrogen) atoms. The van der Waals surface area contributed by atoms with E-state index in [0.717, 1.165) is 32.2 Å². The minimum absolute atomic E-state index is 0.0608. The molecular weight excluding hydrogens is 386 g/mol. The van der Waals surface area contributed by atoms with Crippen molar-refractivity contribution < 1.29 is 14.6 Å². The molecule has 3 heterocycles. The third kappa shape index (κ3) is 3.87. The molecule has 6 nitrogen and oxygen atoms in total. The SMILES string of the molecule is C[C@H](Oc1cc(-c2cnc3ccccn23)sc1CC(N)=O)c1ccccc1CO. The van der Waals surface area contributed by atoms with Crippen molar-refractivity contribution in [1.29, 1.82) is 0 Å². The molecule has 0 saturated heterocycles. The lowest BCUT2D eigenvalue weighted by Gasteiger charge is -2.17. The Bertz CT molecular complexity index is 1170. The number of hydrogen-bond acceptors (Lipinski definition) is 5. The van der Waals surface area contributed by atoms with E-state index >= 15 is 0 Å². The Labute approximate surface area is 172 Å². The molecule has 148 valence electrons. The monoisotopic (exact) mass is 407 g/mol. The van der Waals surface area contributed by atoms with E-state index in [1.54, 1.807) is 0 Å². The number of carbonyl (C=O) groups is 1. The number of benzene rings is 1. The fourth-order valence-corrected chi connectivity index (χ4v) is 4.47. The number of fused-ring (bicyclic) bond motifs is 1. The summed E-state index contributed by atoms with van der Waals surface area (Å²) < 4.78 is 8.22. The molecule has 3 aromatic heterocycles. The summed E-state index contributed by atoms with van der Waals surface area (Å²) in [6, 6.07) is 15.3. The van der Waals surface area contributed by atoms with Gasteiger partial charge in [-0.3, -0.25) is 9.20 Å². The zero-order chi connectivity index (χ0) is 20.4. The number of carbonyl (C=O) groups excluding carboxylic acids is 1. The van der Waals surface area contributed by atoms with E-state index in [2.05, 4.69) is 4.98 Å². The summed E-state index contributed by atoms with van der Waals surface area (Å²) in [5, 5.41) is 9.61. The Balaban J connectivity index is 1.71. The molecule has 0 aliphatic heterocycles. The van der Waals surface area contributed by atoms with Gasteiger partial charge in [-0.2, -0.15) is 0 Å². The van der Waals surface area contributed by atoms with Gasteiger partial charge in [0, 0.05) is 12.3 Å². The van der Waals surface area contributed by atoms with Gasteiger partial charge in [0.25, 0.3) is 0 Å². The standard InChI is InChI=1S/C22H21N3O3S/c1-14(16-7-3-2-6-15(16)13-26)28-18-10-19(29-20(18)11-21(23)27)17-12-24-22-8-4-5-9-25(17)22/h2-10,12,14,26H,11,13H2,1H3,(H2,23,27)/t14-/m0/s1. The number of aromatic nitrogens is 2. The first-order chi connectivity index (χ1) is 14.1. The van der Waals surface area contributed by atoms with Crippen molar-refractivity contribution in [3.63, 3.8) is 0 Å². The van der Waals surface area contributed by atoms with Crippen LogP contribution in [0.1, 0.15) is 29.0 Å². The van der Waals surface area contributed by atoms with Crippen LogP contribution in [0, 0.1) is 0 Å². The summed E-state index contributed by atoms with van der Waals surface area (Å²) in [5.74, 6) is 0.208. The molecule has 4 aromatic rings. The molecule has 0 bridgehead atoms. The number of aliphatic hydroxyl groups excluding tert-OH is 1. The number of rotatable bonds is 7. The van der Waals surface area contributed by atoms with Gasteiger partial charge >= 0.3 is 0 Å². The maximum absolute atomic E-state index is 11.6. The predicted octanol–water partition coefficient (Wildman–Crippen LogP) is 3.72. The van der Waals surface area contributed by atoms with Crippen LogP contribution in [0.3, 0.4) is 0 Å². The van der Waals surface area contributed by atoms with Crippen molar-refractivity contribution in [1.82, 2.24) is 9.38 Å². The number of primary amides is 1. The molecule has 0 aliphatic rings. The summed E-state index contributed by atoms with van der Waals surface area (Å²) in [7, 11) is 0. The van der Waals surface area contributed by atoms with Crippen LogP contribution in [0.15, 0.2) is 60.9 Å². The predicted molar refractivity (Wildman–Crippen MR) is 113 cm³/mol. The Morgan fingerprint density at radius 1 is 1.28 bits per heavy atom. The number of pyridine rings is 1. The van der Waals surface area contributed by atoms with Gasteiger partial charge in [-0.1, -0.05) is 30.3 Å². The summed E-state index contributed by atoms with van der Waals surface area (Å²) in [4.78, 5) is 17.8. The highest BCUT2D eigenvalue weighted by Gasteiger charge is 2.19. The van der Waals surface area contributed by atoms with Crippen LogP contribution >= 0.6 is 11.3 Å². The summed E-state index contributed by atoms with van der Waals surface area (Å²) in [6.45, 7) is 1.86. The average Bonchev–Trinajstić information content (AvgIpc) is 3.31. The Morgan fingerprint density at radius 3 is 2.86 bits per heavy atom.